The lowest BCUT2D eigenvalue weighted by Crippen LogP contribution is -2.29. The van der Waals surface area contributed by atoms with Gasteiger partial charge in [-0.25, -0.2) is 4.57 Å². The number of phosphoric acid groups is 1. The van der Waals surface area contributed by atoms with E-state index in [-0.39, 0.29) is 32.6 Å². The Balaban J connectivity index is 4.21. The maximum atomic E-state index is 12.6. The summed E-state index contributed by atoms with van der Waals surface area (Å²) in [6, 6.07) is 0. The second-order valence-electron chi connectivity index (χ2n) is 13.5. The number of hydrogen-bond donors (Lipinski definition) is 2. The normalized spacial score (nSPS) is 13.7. The van der Waals surface area contributed by atoms with Gasteiger partial charge in [-0.15, -0.1) is 0 Å². The molecule has 9 nitrogen and oxygen atoms in total. The van der Waals surface area contributed by atoms with Crippen LogP contribution in [-0.4, -0.2) is 49.3 Å². The average molecular weight is 742 g/mol. The summed E-state index contributed by atoms with van der Waals surface area (Å²) in [6.45, 7) is 3.67. The zero-order valence-corrected chi connectivity index (χ0v) is 33.5. The number of rotatable bonds is 38. The molecule has 0 aromatic carbocycles. The van der Waals surface area contributed by atoms with Crippen LogP contribution in [0, 0.1) is 0 Å². The minimum absolute atomic E-state index is 0.0505. The smallest absolute Gasteiger partial charge is 0.462 e. The molecule has 0 aromatic heterocycles. The lowest BCUT2D eigenvalue weighted by atomic mass is 10.1. The molecule has 3 N–H and O–H groups in total. The summed E-state index contributed by atoms with van der Waals surface area (Å²) in [6.07, 6.45) is 40.2. The fraction of sp³-hybridized carbons (Fsp3) is 0.805. The number of carbonyl (C=O) groups is 2. The van der Waals surface area contributed by atoms with Gasteiger partial charge in [-0.1, -0.05) is 134 Å². The Morgan fingerprint density at radius 2 is 1.02 bits per heavy atom. The van der Waals surface area contributed by atoms with Crippen LogP contribution < -0.4 is 5.73 Å². The van der Waals surface area contributed by atoms with Gasteiger partial charge in [-0.05, 0) is 70.6 Å². The first-order valence-electron chi connectivity index (χ1n) is 20.5. The monoisotopic (exact) mass is 742 g/mol. The molecule has 10 heteroatoms. The zero-order valence-electron chi connectivity index (χ0n) is 32.6. The average Bonchev–Trinajstić information content (AvgIpc) is 3.11. The lowest BCUT2D eigenvalue weighted by Gasteiger charge is -2.19. The highest BCUT2D eigenvalue weighted by Crippen LogP contribution is 2.43. The van der Waals surface area contributed by atoms with Crippen molar-refractivity contribution in [3.05, 3.63) is 36.5 Å². The van der Waals surface area contributed by atoms with Crippen molar-refractivity contribution in [3.63, 3.8) is 0 Å². The summed E-state index contributed by atoms with van der Waals surface area (Å²) < 4.78 is 32.7. The van der Waals surface area contributed by atoms with Gasteiger partial charge in [0.2, 0.25) is 0 Å². The van der Waals surface area contributed by atoms with Crippen molar-refractivity contribution in [1.82, 2.24) is 0 Å². The molecule has 0 aliphatic heterocycles. The van der Waals surface area contributed by atoms with E-state index in [9.17, 15) is 19.0 Å². The SMILES string of the molecule is CCCCC/C=C/C/C=C/CCCCCCCCCC(=O)O[C@H](COC(=O)CCCCCCC/C=C/CCCCCC)COP(=O)(O)OCCN. The molecule has 0 fully saturated rings. The van der Waals surface area contributed by atoms with E-state index >= 15 is 0 Å². The first kappa shape index (κ1) is 49.2. The lowest BCUT2D eigenvalue weighted by molar-refractivity contribution is -0.161. The maximum absolute atomic E-state index is 12.6. The molecule has 0 saturated carbocycles. The first-order valence-corrected chi connectivity index (χ1v) is 22.0. The largest absolute Gasteiger partial charge is 0.472 e. The van der Waals surface area contributed by atoms with E-state index in [0.29, 0.717) is 6.42 Å². The van der Waals surface area contributed by atoms with Gasteiger partial charge in [0.15, 0.2) is 6.10 Å². The van der Waals surface area contributed by atoms with Gasteiger partial charge >= 0.3 is 19.8 Å². The van der Waals surface area contributed by atoms with Crippen molar-refractivity contribution in [3.8, 4) is 0 Å². The molecule has 0 aromatic rings. The number of allylic oxidation sites excluding steroid dienone is 6. The number of hydrogen-bond acceptors (Lipinski definition) is 8. The summed E-state index contributed by atoms with van der Waals surface area (Å²) in [7, 11) is -4.38. The number of unbranched alkanes of at least 4 members (excludes halogenated alkanes) is 19. The Morgan fingerprint density at radius 1 is 0.588 bits per heavy atom. The number of phosphoric ester groups is 1. The van der Waals surface area contributed by atoms with E-state index in [0.717, 1.165) is 70.6 Å². The second-order valence-corrected chi connectivity index (χ2v) is 14.9. The predicted octanol–water partition coefficient (Wildman–Crippen LogP) is 11.4. The van der Waals surface area contributed by atoms with E-state index in [1.54, 1.807) is 0 Å². The van der Waals surface area contributed by atoms with E-state index in [2.05, 4.69) is 50.3 Å². The van der Waals surface area contributed by atoms with Crippen molar-refractivity contribution in [1.29, 1.82) is 0 Å². The van der Waals surface area contributed by atoms with Crippen molar-refractivity contribution in [2.45, 2.75) is 187 Å². The highest BCUT2D eigenvalue weighted by atomic mass is 31.2. The number of ether oxygens (including phenoxy) is 2. The van der Waals surface area contributed by atoms with E-state index in [4.69, 9.17) is 24.3 Å². The fourth-order valence-corrected chi connectivity index (χ4v) is 6.19. The zero-order chi connectivity index (χ0) is 37.5. The number of esters is 2. The van der Waals surface area contributed by atoms with Crippen molar-refractivity contribution in [2.75, 3.05) is 26.4 Å². The Bertz CT molecular complexity index is 939. The molecule has 1 unspecified atom stereocenters. The molecule has 0 aliphatic carbocycles. The van der Waals surface area contributed by atoms with E-state index in [1.807, 2.05) is 0 Å². The van der Waals surface area contributed by atoms with Gasteiger partial charge in [-0.3, -0.25) is 18.6 Å². The van der Waals surface area contributed by atoms with Crippen molar-refractivity contribution >= 4 is 19.8 Å². The highest BCUT2D eigenvalue weighted by Gasteiger charge is 2.26. The quantitative estimate of drug-likeness (QED) is 0.0274. The predicted molar refractivity (Wildman–Crippen MR) is 210 cm³/mol. The molecule has 51 heavy (non-hydrogen) atoms. The third-order valence-electron chi connectivity index (χ3n) is 8.50. The second kappa shape index (κ2) is 38.0. The van der Waals surface area contributed by atoms with Crippen molar-refractivity contribution in [2.24, 2.45) is 5.73 Å². The molecular weight excluding hydrogens is 665 g/mol. The van der Waals surface area contributed by atoms with Crippen LogP contribution in [0.2, 0.25) is 0 Å². The van der Waals surface area contributed by atoms with Gasteiger partial charge in [0.25, 0.3) is 0 Å². The summed E-state index contributed by atoms with van der Waals surface area (Å²) >= 11 is 0. The van der Waals surface area contributed by atoms with E-state index < -0.39 is 32.5 Å². The van der Waals surface area contributed by atoms with Crippen molar-refractivity contribution < 1.29 is 37.6 Å². The molecule has 0 spiro atoms. The van der Waals surface area contributed by atoms with Crippen LogP contribution in [0.4, 0.5) is 0 Å². The topological polar surface area (TPSA) is 134 Å². The molecule has 0 radical (unpaired) electrons. The number of nitrogens with two attached hydrogens (primary N) is 1. The maximum Gasteiger partial charge on any atom is 0.472 e. The van der Waals surface area contributed by atoms with Crippen LogP contribution in [0.5, 0.6) is 0 Å². The molecule has 0 rings (SSSR count). The van der Waals surface area contributed by atoms with Crippen LogP contribution >= 0.6 is 7.82 Å². The summed E-state index contributed by atoms with van der Waals surface area (Å²) in [5.74, 6) is -0.848. The molecule has 0 amide bonds. The van der Waals surface area contributed by atoms with Crippen LogP contribution in [0.15, 0.2) is 36.5 Å². The Labute approximate surface area is 312 Å². The molecule has 0 bridgehead atoms. The molecular formula is C41H76NO8P. The first-order chi connectivity index (χ1) is 24.8. The standard InChI is InChI=1S/C41H76NO8P/c1-3-5-7-9-11-13-15-17-18-19-20-22-24-26-28-30-32-34-41(44)50-39(38-49-51(45,46)48-36-35-42)37-47-40(43)33-31-29-27-25-23-21-16-14-12-10-8-6-4-2/h11,13-14,16-18,39H,3-10,12,15,19-38,42H2,1-2H3,(H,45,46)/b13-11+,16-14+,18-17+/t39-/m1/s1. The number of carbonyl (C=O) groups excluding carboxylic acids is 2. The van der Waals surface area contributed by atoms with Gasteiger partial charge in [0.05, 0.1) is 13.2 Å². The van der Waals surface area contributed by atoms with E-state index in [1.165, 1.54) is 77.0 Å². The van der Waals surface area contributed by atoms with Gasteiger partial charge in [-0.2, -0.15) is 0 Å². The molecule has 298 valence electrons. The minimum Gasteiger partial charge on any atom is -0.462 e. The molecule has 2 atom stereocenters. The van der Waals surface area contributed by atoms with Gasteiger partial charge in [0, 0.05) is 19.4 Å². The third kappa shape index (κ3) is 37.8. The Hall–Kier alpha value is -1.77. The Morgan fingerprint density at radius 3 is 1.55 bits per heavy atom. The van der Waals surface area contributed by atoms with Gasteiger partial charge in [0.1, 0.15) is 6.61 Å². The third-order valence-corrected chi connectivity index (χ3v) is 9.48. The minimum atomic E-state index is -4.38. The summed E-state index contributed by atoms with van der Waals surface area (Å²) in [5.41, 5.74) is 5.34. The molecule has 0 saturated heterocycles. The highest BCUT2D eigenvalue weighted by molar-refractivity contribution is 7.47. The summed E-state index contributed by atoms with van der Waals surface area (Å²) in [4.78, 5) is 34.8. The fourth-order valence-electron chi connectivity index (χ4n) is 5.42. The molecule has 0 aliphatic rings. The van der Waals surface area contributed by atoms with Crippen LogP contribution in [0.25, 0.3) is 0 Å². The van der Waals surface area contributed by atoms with Gasteiger partial charge < -0.3 is 20.1 Å². The molecule has 0 heterocycles. The Kier molecular flexibility index (Phi) is 36.7. The van der Waals surface area contributed by atoms with Crippen LogP contribution in [0.1, 0.15) is 181 Å². The summed E-state index contributed by atoms with van der Waals surface area (Å²) in [5, 5.41) is 0. The van der Waals surface area contributed by atoms with Crippen LogP contribution in [-0.2, 0) is 32.7 Å². The van der Waals surface area contributed by atoms with Crippen LogP contribution in [0.3, 0.4) is 0 Å².